The Morgan fingerprint density at radius 2 is 2.15 bits per heavy atom. The van der Waals surface area contributed by atoms with Gasteiger partial charge in [-0.3, -0.25) is 0 Å². The van der Waals surface area contributed by atoms with Gasteiger partial charge in [0.25, 0.3) is 0 Å². The summed E-state index contributed by atoms with van der Waals surface area (Å²) in [7, 11) is -3.44. The molecule has 0 unspecified atom stereocenters. The van der Waals surface area contributed by atoms with E-state index in [2.05, 4.69) is 5.32 Å². The van der Waals surface area contributed by atoms with E-state index in [1.807, 2.05) is 19.1 Å². The first-order valence-electron chi connectivity index (χ1n) is 6.70. The van der Waals surface area contributed by atoms with Crippen LogP contribution < -0.4 is 5.32 Å². The minimum Gasteiger partial charge on any atom is -0.313 e. The zero-order chi connectivity index (χ0) is 14.6. The van der Waals surface area contributed by atoms with Gasteiger partial charge in [0.15, 0.2) is 0 Å². The fraction of sp³-hybridized carbons (Fsp3) is 0.429. The van der Waals surface area contributed by atoms with E-state index in [0.717, 1.165) is 18.5 Å². The number of nitrogens with one attached hydrogen (secondary N) is 1. The molecule has 20 heavy (non-hydrogen) atoms. The monoisotopic (exact) mass is 314 g/mol. The molecular weight excluding hydrogens is 296 g/mol. The zero-order valence-corrected chi connectivity index (χ0v) is 13.0. The average molecular weight is 315 g/mol. The highest BCUT2D eigenvalue weighted by molar-refractivity contribution is 7.89. The van der Waals surface area contributed by atoms with Crippen molar-refractivity contribution in [1.29, 1.82) is 0 Å². The number of rotatable bonds is 5. The highest BCUT2D eigenvalue weighted by atomic mass is 35.5. The standard InChI is InChI=1S/C14H19ClN2O2S/c1-2-16-11-12-6-7-13(10-14(12)15)20(18,19)17-8-4-3-5-9-17/h3-4,6-7,10,16H,2,5,8-9,11H2,1H3. The lowest BCUT2D eigenvalue weighted by Crippen LogP contribution is -2.33. The highest BCUT2D eigenvalue weighted by Gasteiger charge is 2.24. The van der Waals surface area contributed by atoms with Gasteiger partial charge in [-0.1, -0.05) is 36.7 Å². The van der Waals surface area contributed by atoms with Crippen LogP contribution in [0.2, 0.25) is 5.02 Å². The predicted molar refractivity (Wildman–Crippen MR) is 81.3 cm³/mol. The molecule has 0 fully saturated rings. The fourth-order valence-electron chi connectivity index (χ4n) is 2.08. The Hall–Kier alpha value is -0.880. The van der Waals surface area contributed by atoms with Crippen molar-refractivity contribution >= 4 is 21.6 Å². The third-order valence-corrected chi connectivity index (χ3v) is 5.46. The molecule has 0 spiro atoms. The van der Waals surface area contributed by atoms with Crippen LogP contribution in [0.4, 0.5) is 0 Å². The number of benzene rings is 1. The molecule has 0 amide bonds. The van der Waals surface area contributed by atoms with Gasteiger partial charge >= 0.3 is 0 Å². The molecule has 4 nitrogen and oxygen atoms in total. The summed E-state index contributed by atoms with van der Waals surface area (Å²) in [4.78, 5) is 0.262. The van der Waals surface area contributed by atoms with Gasteiger partial charge in [0.2, 0.25) is 10.0 Å². The summed E-state index contributed by atoms with van der Waals surface area (Å²) < 4.78 is 26.4. The van der Waals surface area contributed by atoms with Gasteiger partial charge in [0, 0.05) is 24.7 Å². The maximum Gasteiger partial charge on any atom is 0.243 e. The van der Waals surface area contributed by atoms with Crippen LogP contribution in [0.3, 0.4) is 0 Å². The van der Waals surface area contributed by atoms with E-state index in [-0.39, 0.29) is 4.90 Å². The molecule has 1 aliphatic rings. The van der Waals surface area contributed by atoms with Crippen molar-refractivity contribution in [2.24, 2.45) is 0 Å². The molecule has 0 saturated carbocycles. The summed E-state index contributed by atoms with van der Waals surface area (Å²) in [5, 5.41) is 3.66. The van der Waals surface area contributed by atoms with Crippen molar-refractivity contribution in [2.45, 2.75) is 24.8 Å². The Bertz CT molecular complexity index is 599. The van der Waals surface area contributed by atoms with Gasteiger partial charge in [0.05, 0.1) is 4.90 Å². The first-order valence-corrected chi connectivity index (χ1v) is 8.52. The second kappa shape index (κ2) is 6.72. The third kappa shape index (κ3) is 3.41. The van der Waals surface area contributed by atoms with Gasteiger partial charge < -0.3 is 5.32 Å². The zero-order valence-electron chi connectivity index (χ0n) is 11.5. The van der Waals surface area contributed by atoms with E-state index in [9.17, 15) is 8.42 Å². The molecule has 1 aliphatic heterocycles. The first kappa shape index (κ1) is 15.5. The van der Waals surface area contributed by atoms with Gasteiger partial charge in [-0.2, -0.15) is 4.31 Å². The highest BCUT2D eigenvalue weighted by Crippen LogP contribution is 2.24. The van der Waals surface area contributed by atoms with Crippen LogP contribution in [0, 0.1) is 0 Å². The Labute approximate surface area is 125 Å². The van der Waals surface area contributed by atoms with Crippen molar-refractivity contribution < 1.29 is 8.42 Å². The summed E-state index contributed by atoms with van der Waals surface area (Å²) >= 11 is 6.17. The number of hydrogen-bond donors (Lipinski definition) is 1. The smallest absolute Gasteiger partial charge is 0.243 e. The topological polar surface area (TPSA) is 49.4 Å². The minimum absolute atomic E-state index is 0.262. The van der Waals surface area contributed by atoms with Crippen LogP contribution >= 0.6 is 11.6 Å². The van der Waals surface area contributed by atoms with Crippen molar-refractivity contribution in [1.82, 2.24) is 9.62 Å². The normalized spacial score (nSPS) is 16.5. The molecule has 1 heterocycles. The molecule has 0 radical (unpaired) electrons. The van der Waals surface area contributed by atoms with Gasteiger partial charge in [-0.15, -0.1) is 0 Å². The molecule has 1 aromatic carbocycles. The van der Waals surface area contributed by atoms with Crippen molar-refractivity contribution in [3.05, 3.63) is 40.9 Å². The summed E-state index contributed by atoms with van der Waals surface area (Å²) in [6, 6.07) is 4.95. The lowest BCUT2D eigenvalue weighted by molar-refractivity contribution is 0.437. The summed E-state index contributed by atoms with van der Waals surface area (Å²) in [5.41, 5.74) is 0.908. The van der Waals surface area contributed by atoms with E-state index >= 15 is 0 Å². The summed E-state index contributed by atoms with van der Waals surface area (Å²) in [6.45, 7) is 4.45. The summed E-state index contributed by atoms with van der Waals surface area (Å²) in [5.74, 6) is 0. The van der Waals surface area contributed by atoms with E-state index in [4.69, 9.17) is 11.6 Å². The molecule has 6 heteroatoms. The Morgan fingerprint density at radius 1 is 1.35 bits per heavy atom. The van der Waals surface area contributed by atoms with Gasteiger partial charge in [-0.25, -0.2) is 8.42 Å². The minimum atomic E-state index is -3.44. The lowest BCUT2D eigenvalue weighted by Gasteiger charge is -2.23. The number of nitrogens with zero attached hydrogens (tertiary/aromatic N) is 1. The Morgan fingerprint density at radius 3 is 2.75 bits per heavy atom. The Kier molecular flexibility index (Phi) is 5.21. The van der Waals surface area contributed by atoms with Gasteiger partial charge in [0.1, 0.15) is 0 Å². The van der Waals surface area contributed by atoms with Crippen molar-refractivity contribution in [3.8, 4) is 0 Å². The SMILES string of the molecule is CCNCc1ccc(S(=O)(=O)N2CC=CCC2)cc1Cl. The van der Waals surface area contributed by atoms with Crippen molar-refractivity contribution in [3.63, 3.8) is 0 Å². The molecular formula is C14H19ClN2O2S. The second-order valence-electron chi connectivity index (χ2n) is 4.66. The molecule has 110 valence electrons. The molecule has 1 aromatic rings. The maximum atomic E-state index is 12.5. The predicted octanol–water partition coefficient (Wildman–Crippen LogP) is 2.40. The molecule has 0 saturated heterocycles. The molecule has 0 atom stereocenters. The van der Waals surface area contributed by atoms with Gasteiger partial charge in [-0.05, 0) is 30.7 Å². The largest absolute Gasteiger partial charge is 0.313 e. The van der Waals surface area contributed by atoms with Crippen LogP contribution in [0.25, 0.3) is 0 Å². The molecule has 0 aliphatic carbocycles. The second-order valence-corrected chi connectivity index (χ2v) is 7.00. The van der Waals surface area contributed by atoms with Crippen LogP contribution in [0.5, 0.6) is 0 Å². The molecule has 0 aromatic heterocycles. The summed E-state index contributed by atoms with van der Waals surface area (Å²) in [6.07, 6.45) is 4.63. The Balaban J connectivity index is 2.24. The van der Waals surface area contributed by atoms with Crippen molar-refractivity contribution in [2.75, 3.05) is 19.6 Å². The van der Waals surface area contributed by atoms with Crippen LogP contribution in [0.1, 0.15) is 18.9 Å². The van der Waals surface area contributed by atoms with E-state index in [1.165, 1.54) is 4.31 Å². The number of halogens is 1. The molecule has 1 N–H and O–H groups in total. The lowest BCUT2D eigenvalue weighted by atomic mass is 10.2. The quantitative estimate of drug-likeness (QED) is 0.849. The number of hydrogen-bond acceptors (Lipinski definition) is 3. The molecule has 0 bridgehead atoms. The van der Waals surface area contributed by atoms with Crippen LogP contribution in [-0.2, 0) is 16.6 Å². The third-order valence-electron chi connectivity index (χ3n) is 3.25. The number of sulfonamides is 1. The van der Waals surface area contributed by atoms with E-state index in [1.54, 1.807) is 18.2 Å². The van der Waals surface area contributed by atoms with E-state index in [0.29, 0.717) is 24.7 Å². The average Bonchev–Trinajstić information content (AvgIpc) is 2.47. The fourth-order valence-corrected chi connectivity index (χ4v) is 3.82. The van der Waals surface area contributed by atoms with E-state index < -0.39 is 10.0 Å². The van der Waals surface area contributed by atoms with Crippen LogP contribution in [0.15, 0.2) is 35.2 Å². The maximum absolute atomic E-state index is 12.5. The van der Waals surface area contributed by atoms with Crippen LogP contribution in [-0.4, -0.2) is 32.4 Å². The first-order chi connectivity index (χ1) is 9.55. The molecule has 2 rings (SSSR count).